The highest BCUT2D eigenvalue weighted by Crippen LogP contribution is 2.32. The van der Waals surface area contributed by atoms with Crippen LogP contribution in [0.4, 0.5) is 0 Å². The zero-order valence-electron chi connectivity index (χ0n) is 9.26. The van der Waals surface area contributed by atoms with E-state index in [0.29, 0.717) is 12.0 Å². The average molecular weight is 258 g/mol. The van der Waals surface area contributed by atoms with E-state index in [9.17, 15) is 0 Å². The van der Waals surface area contributed by atoms with Gasteiger partial charge in [-0.2, -0.15) is 0 Å². The van der Waals surface area contributed by atoms with Crippen molar-refractivity contribution >= 4 is 23.2 Å². The molecule has 3 heteroatoms. The summed E-state index contributed by atoms with van der Waals surface area (Å²) in [6.07, 6.45) is 5.78. The van der Waals surface area contributed by atoms with E-state index in [1.165, 1.54) is 19.3 Å². The second kappa shape index (κ2) is 5.39. The molecule has 0 heterocycles. The van der Waals surface area contributed by atoms with Crippen molar-refractivity contribution in [3.05, 3.63) is 33.8 Å². The van der Waals surface area contributed by atoms with Crippen LogP contribution in [-0.4, -0.2) is 6.04 Å². The Hall–Kier alpha value is -0.240. The lowest BCUT2D eigenvalue weighted by molar-refractivity contribution is 0.306. The summed E-state index contributed by atoms with van der Waals surface area (Å²) < 4.78 is 0. The number of hydrogen-bond donors (Lipinski definition) is 1. The summed E-state index contributed by atoms with van der Waals surface area (Å²) in [5.41, 5.74) is 7.20. The Morgan fingerprint density at radius 3 is 2.38 bits per heavy atom. The molecule has 2 unspecified atom stereocenters. The highest BCUT2D eigenvalue weighted by atomic mass is 35.5. The molecule has 0 saturated heterocycles. The Balaban J connectivity index is 2.13. The van der Waals surface area contributed by atoms with Crippen molar-refractivity contribution < 1.29 is 0 Å². The fourth-order valence-corrected chi connectivity index (χ4v) is 3.03. The maximum absolute atomic E-state index is 6.17. The summed E-state index contributed by atoms with van der Waals surface area (Å²) in [5, 5.41) is 1.54. The first-order chi connectivity index (χ1) is 7.68. The van der Waals surface area contributed by atoms with Crippen molar-refractivity contribution in [2.24, 2.45) is 11.7 Å². The molecule has 1 aliphatic carbocycles. The lowest BCUT2D eigenvalue weighted by Crippen LogP contribution is -2.34. The van der Waals surface area contributed by atoms with E-state index in [0.717, 1.165) is 28.5 Å². The van der Waals surface area contributed by atoms with Crippen LogP contribution in [0.15, 0.2) is 18.2 Å². The lowest BCUT2D eigenvalue weighted by atomic mass is 9.81. The van der Waals surface area contributed by atoms with Gasteiger partial charge in [0.25, 0.3) is 0 Å². The van der Waals surface area contributed by atoms with Gasteiger partial charge in [-0.3, -0.25) is 0 Å². The summed E-state index contributed by atoms with van der Waals surface area (Å²) >= 11 is 12.3. The standard InChI is InChI=1S/C13H17Cl2N/c14-11-5-3-6-12(15)10(11)8-9-4-1-2-7-13(9)16/h3,5-6,9,13H,1-2,4,7-8,16H2. The minimum atomic E-state index is 0.307. The van der Waals surface area contributed by atoms with Crippen LogP contribution in [0.5, 0.6) is 0 Å². The normalized spacial score (nSPS) is 25.7. The minimum absolute atomic E-state index is 0.307. The van der Waals surface area contributed by atoms with Crippen molar-refractivity contribution in [3.63, 3.8) is 0 Å². The Kier molecular flexibility index (Phi) is 4.12. The summed E-state index contributed by atoms with van der Waals surface area (Å²) in [5.74, 6) is 0.533. The Labute approximate surface area is 107 Å². The largest absolute Gasteiger partial charge is 0.327 e. The molecule has 0 aromatic heterocycles. The van der Waals surface area contributed by atoms with Crippen LogP contribution in [0, 0.1) is 5.92 Å². The van der Waals surface area contributed by atoms with E-state index >= 15 is 0 Å². The van der Waals surface area contributed by atoms with E-state index in [1.54, 1.807) is 0 Å². The Bertz CT molecular complexity index is 345. The predicted molar refractivity (Wildman–Crippen MR) is 70.1 cm³/mol. The van der Waals surface area contributed by atoms with E-state index in [4.69, 9.17) is 28.9 Å². The molecular formula is C13H17Cl2N. The maximum atomic E-state index is 6.17. The molecule has 1 aliphatic rings. The summed E-state index contributed by atoms with van der Waals surface area (Å²) in [6.45, 7) is 0. The molecule has 0 bridgehead atoms. The molecule has 2 rings (SSSR count). The zero-order chi connectivity index (χ0) is 11.5. The van der Waals surface area contributed by atoms with Gasteiger partial charge in [-0.05, 0) is 42.9 Å². The van der Waals surface area contributed by atoms with Gasteiger partial charge in [-0.15, -0.1) is 0 Å². The van der Waals surface area contributed by atoms with E-state index in [2.05, 4.69) is 0 Å². The quantitative estimate of drug-likeness (QED) is 0.850. The van der Waals surface area contributed by atoms with Gasteiger partial charge >= 0.3 is 0 Å². The summed E-state index contributed by atoms with van der Waals surface area (Å²) in [4.78, 5) is 0. The second-order valence-electron chi connectivity index (χ2n) is 4.61. The van der Waals surface area contributed by atoms with Crippen LogP contribution in [0.25, 0.3) is 0 Å². The topological polar surface area (TPSA) is 26.0 Å². The van der Waals surface area contributed by atoms with E-state index in [-0.39, 0.29) is 0 Å². The molecule has 1 aromatic carbocycles. The van der Waals surface area contributed by atoms with Gasteiger partial charge in [0.05, 0.1) is 0 Å². The van der Waals surface area contributed by atoms with Crippen LogP contribution in [0.3, 0.4) is 0 Å². The number of hydrogen-bond acceptors (Lipinski definition) is 1. The van der Waals surface area contributed by atoms with Crippen LogP contribution >= 0.6 is 23.2 Å². The molecule has 0 spiro atoms. The Morgan fingerprint density at radius 1 is 1.12 bits per heavy atom. The van der Waals surface area contributed by atoms with Crippen LogP contribution in [-0.2, 0) is 6.42 Å². The maximum Gasteiger partial charge on any atom is 0.0452 e. The third-order valence-electron chi connectivity index (χ3n) is 3.50. The van der Waals surface area contributed by atoms with Crippen LogP contribution < -0.4 is 5.73 Å². The molecule has 1 aromatic rings. The van der Waals surface area contributed by atoms with Gasteiger partial charge in [-0.1, -0.05) is 42.1 Å². The minimum Gasteiger partial charge on any atom is -0.327 e. The lowest BCUT2D eigenvalue weighted by Gasteiger charge is -2.29. The van der Waals surface area contributed by atoms with Gasteiger partial charge in [0.15, 0.2) is 0 Å². The molecule has 16 heavy (non-hydrogen) atoms. The van der Waals surface area contributed by atoms with Gasteiger partial charge < -0.3 is 5.73 Å². The zero-order valence-corrected chi connectivity index (χ0v) is 10.8. The molecule has 2 N–H and O–H groups in total. The highest BCUT2D eigenvalue weighted by Gasteiger charge is 2.23. The second-order valence-corrected chi connectivity index (χ2v) is 5.43. The Morgan fingerprint density at radius 2 is 1.75 bits per heavy atom. The molecule has 1 saturated carbocycles. The molecule has 1 fully saturated rings. The molecule has 88 valence electrons. The van der Waals surface area contributed by atoms with E-state index in [1.807, 2.05) is 18.2 Å². The van der Waals surface area contributed by atoms with Crippen molar-refractivity contribution in [1.29, 1.82) is 0 Å². The van der Waals surface area contributed by atoms with Gasteiger partial charge in [0, 0.05) is 16.1 Å². The van der Waals surface area contributed by atoms with Gasteiger partial charge in [0.1, 0.15) is 0 Å². The molecular weight excluding hydrogens is 241 g/mol. The average Bonchev–Trinajstić information content (AvgIpc) is 2.26. The van der Waals surface area contributed by atoms with E-state index < -0.39 is 0 Å². The summed E-state index contributed by atoms with van der Waals surface area (Å²) in [6, 6.07) is 5.99. The van der Waals surface area contributed by atoms with Crippen molar-refractivity contribution in [3.8, 4) is 0 Å². The third-order valence-corrected chi connectivity index (χ3v) is 4.20. The highest BCUT2D eigenvalue weighted by molar-refractivity contribution is 6.35. The summed E-state index contributed by atoms with van der Waals surface area (Å²) in [7, 11) is 0. The first-order valence-corrected chi connectivity index (χ1v) is 6.62. The molecule has 0 aliphatic heterocycles. The first kappa shape index (κ1) is 12.2. The molecule has 0 radical (unpaired) electrons. The van der Waals surface area contributed by atoms with Crippen LogP contribution in [0.1, 0.15) is 31.2 Å². The van der Waals surface area contributed by atoms with Crippen LogP contribution in [0.2, 0.25) is 10.0 Å². The smallest absolute Gasteiger partial charge is 0.0452 e. The monoisotopic (exact) mass is 257 g/mol. The number of rotatable bonds is 2. The molecule has 0 amide bonds. The first-order valence-electron chi connectivity index (χ1n) is 5.87. The number of halogens is 2. The van der Waals surface area contributed by atoms with Gasteiger partial charge in [-0.25, -0.2) is 0 Å². The van der Waals surface area contributed by atoms with Crippen molar-refractivity contribution in [2.45, 2.75) is 38.1 Å². The number of benzene rings is 1. The molecule has 2 atom stereocenters. The number of nitrogens with two attached hydrogens (primary N) is 1. The third kappa shape index (κ3) is 2.71. The van der Waals surface area contributed by atoms with Crippen molar-refractivity contribution in [1.82, 2.24) is 0 Å². The fourth-order valence-electron chi connectivity index (χ4n) is 2.48. The molecule has 1 nitrogen and oxygen atoms in total. The fraction of sp³-hybridized carbons (Fsp3) is 0.538. The van der Waals surface area contributed by atoms with Crippen molar-refractivity contribution in [2.75, 3.05) is 0 Å². The predicted octanol–water partition coefficient (Wildman–Crippen LogP) is 4.05. The van der Waals surface area contributed by atoms with Gasteiger partial charge in [0.2, 0.25) is 0 Å². The SMILES string of the molecule is NC1CCCCC1Cc1c(Cl)cccc1Cl.